The summed E-state index contributed by atoms with van der Waals surface area (Å²) in [5.41, 5.74) is 3.41. The Morgan fingerprint density at radius 1 is 0.630 bits per heavy atom. The van der Waals surface area contributed by atoms with E-state index >= 15 is 0 Å². The first kappa shape index (κ1) is 15.8. The van der Waals surface area contributed by atoms with Crippen LogP contribution in [-0.2, 0) is 0 Å². The molecule has 2 heteroatoms. The zero-order chi connectivity index (χ0) is 18.4. The minimum Gasteiger partial charge on any atom is -0.378 e. The lowest BCUT2D eigenvalue weighted by Crippen LogP contribution is -2.08. The van der Waals surface area contributed by atoms with Gasteiger partial charge in [0.2, 0.25) is 0 Å². The Labute approximate surface area is 158 Å². The second-order valence-electron chi connectivity index (χ2n) is 7.15. The summed E-state index contributed by atoms with van der Waals surface area (Å²) in [5.74, 6) is 0. The summed E-state index contributed by atoms with van der Waals surface area (Å²) >= 11 is 0. The van der Waals surface area contributed by atoms with E-state index < -0.39 is 0 Å². The van der Waals surface area contributed by atoms with Crippen LogP contribution < -0.4 is 4.90 Å². The van der Waals surface area contributed by atoms with Crippen LogP contribution in [0.3, 0.4) is 0 Å². The van der Waals surface area contributed by atoms with Crippen LogP contribution in [0.15, 0.2) is 85.1 Å². The molecule has 0 radical (unpaired) electrons. The van der Waals surface area contributed by atoms with Crippen LogP contribution in [0, 0.1) is 0 Å². The molecule has 5 aromatic rings. The highest BCUT2D eigenvalue weighted by molar-refractivity contribution is 6.19. The number of benzene rings is 4. The van der Waals surface area contributed by atoms with Crippen molar-refractivity contribution in [1.29, 1.82) is 0 Å². The average molecular weight is 348 g/mol. The van der Waals surface area contributed by atoms with Gasteiger partial charge in [-0.2, -0.15) is 0 Å². The molecule has 1 aromatic heterocycles. The number of pyridine rings is 1. The summed E-state index contributed by atoms with van der Waals surface area (Å²) in [6.45, 7) is 0. The van der Waals surface area contributed by atoms with Gasteiger partial charge in [0.05, 0.1) is 5.69 Å². The molecule has 0 aliphatic rings. The largest absolute Gasteiger partial charge is 0.378 e. The number of aromatic nitrogens is 1. The summed E-state index contributed by atoms with van der Waals surface area (Å²) in [7, 11) is 4.17. The van der Waals surface area contributed by atoms with Crippen molar-refractivity contribution < 1.29 is 0 Å². The zero-order valence-corrected chi connectivity index (χ0v) is 15.5. The van der Waals surface area contributed by atoms with Gasteiger partial charge in [0, 0.05) is 36.9 Å². The first-order valence-corrected chi connectivity index (χ1v) is 9.19. The fourth-order valence-corrected chi connectivity index (χ4v) is 3.89. The van der Waals surface area contributed by atoms with Crippen molar-refractivity contribution in [3.8, 4) is 11.3 Å². The van der Waals surface area contributed by atoms with Crippen molar-refractivity contribution >= 4 is 38.0 Å². The molecule has 0 unspecified atom stereocenters. The molecule has 0 N–H and O–H groups in total. The summed E-state index contributed by atoms with van der Waals surface area (Å²) < 4.78 is 0. The molecule has 0 fully saturated rings. The lowest BCUT2D eigenvalue weighted by Gasteiger charge is -2.15. The molecule has 1 heterocycles. The van der Waals surface area contributed by atoms with Crippen LogP contribution in [0.1, 0.15) is 0 Å². The number of anilines is 1. The van der Waals surface area contributed by atoms with Gasteiger partial charge in [0.25, 0.3) is 0 Å². The van der Waals surface area contributed by atoms with Gasteiger partial charge < -0.3 is 4.90 Å². The van der Waals surface area contributed by atoms with E-state index in [1.54, 1.807) is 0 Å². The number of hydrogen-bond acceptors (Lipinski definition) is 2. The van der Waals surface area contributed by atoms with Gasteiger partial charge in [-0.15, -0.1) is 0 Å². The van der Waals surface area contributed by atoms with Gasteiger partial charge in [0.15, 0.2) is 0 Å². The Balaban J connectivity index is 1.85. The Morgan fingerprint density at radius 2 is 1.30 bits per heavy atom. The summed E-state index contributed by atoms with van der Waals surface area (Å²) in [4.78, 5) is 6.83. The Kier molecular flexibility index (Phi) is 3.58. The van der Waals surface area contributed by atoms with E-state index in [-0.39, 0.29) is 0 Å². The second kappa shape index (κ2) is 6.10. The van der Waals surface area contributed by atoms with E-state index in [1.807, 2.05) is 12.3 Å². The maximum absolute atomic E-state index is 4.68. The molecule has 130 valence electrons. The lowest BCUT2D eigenvalue weighted by atomic mass is 9.95. The van der Waals surface area contributed by atoms with Crippen LogP contribution in [-0.4, -0.2) is 19.1 Å². The Hall–Kier alpha value is -3.39. The minimum absolute atomic E-state index is 1.04. The van der Waals surface area contributed by atoms with E-state index in [0.717, 1.165) is 11.3 Å². The predicted octanol–water partition coefficient (Wildman–Crippen LogP) is 6.27. The van der Waals surface area contributed by atoms with Crippen molar-refractivity contribution in [2.75, 3.05) is 19.0 Å². The quantitative estimate of drug-likeness (QED) is 0.349. The molecule has 2 nitrogen and oxygen atoms in total. The number of rotatable bonds is 2. The Morgan fingerprint density at radius 3 is 2.11 bits per heavy atom. The molecule has 0 bridgehead atoms. The molecule has 4 aromatic carbocycles. The average Bonchev–Trinajstić information content (AvgIpc) is 2.73. The van der Waals surface area contributed by atoms with Crippen molar-refractivity contribution in [3.05, 3.63) is 85.1 Å². The smallest absolute Gasteiger partial charge is 0.0780 e. The molecule has 0 amide bonds. The molecular weight excluding hydrogens is 328 g/mol. The van der Waals surface area contributed by atoms with Crippen molar-refractivity contribution in [2.45, 2.75) is 0 Å². The third-order valence-corrected chi connectivity index (χ3v) is 5.31. The molecule has 0 saturated heterocycles. The van der Waals surface area contributed by atoms with Crippen molar-refractivity contribution in [2.24, 2.45) is 0 Å². The molecule has 5 rings (SSSR count). The highest BCUT2D eigenvalue weighted by Crippen LogP contribution is 2.35. The van der Waals surface area contributed by atoms with Crippen molar-refractivity contribution in [3.63, 3.8) is 0 Å². The normalized spacial score (nSPS) is 11.3. The molecule has 0 atom stereocenters. The van der Waals surface area contributed by atoms with Gasteiger partial charge in [-0.3, -0.25) is 4.98 Å². The van der Waals surface area contributed by atoms with Crippen molar-refractivity contribution in [1.82, 2.24) is 4.98 Å². The molecule has 0 spiro atoms. The molecule has 0 saturated carbocycles. The monoisotopic (exact) mass is 348 g/mol. The summed E-state index contributed by atoms with van der Waals surface area (Å²) in [6.07, 6.45) is 1.92. The van der Waals surface area contributed by atoms with Gasteiger partial charge >= 0.3 is 0 Å². The topological polar surface area (TPSA) is 16.1 Å². The third-order valence-electron chi connectivity index (χ3n) is 5.31. The zero-order valence-electron chi connectivity index (χ0n) is 15.5. The predicted molar refractivity (Wildman–Crippen MR) is 117 cm³/mol. The lowest BCUT2D eigenvalue weighted by molar-refractivity contribution is 1.14. The maximum Gasteiger partial charge on any atom is 0.0780 e. The van der Waals surface area contributed by atoms with Crippen LogP contribution in [0.4, 0.5) is 5.69 Å². The third kappa shape index (κ3) is 2.53. The molecule has 0 aliphatic heterocycles. The van der Waals surface area contributed by atoms with Gasteiger partial charge in [-0.1, -0.05) is 60.7 Å². The van der Waals surface area contributed by atoms with Crippen LogP contribution in [0.2, 0.25) is 0 Å². The second-order valence-corrected chi connectivity index (χ2v) is 7.15. The molecule has 27 heavy (non-hydrogen) atoms. The molecule has 0 aliphatic carbocycles. The van der Waals surface area contributed by atoms with E-state index in [4.69, 9.17) is 0 Å². The summed E-state index contributed by atoms with van der Waals surface area (Å²) in [6, 6.07) is 28.1. The molecular formula is C25H20N2. The fourth-order valence-electron chi connectivity index (χ4n) is 3.89. The maximum atomic E-state index is 4.68. The van der Waals surface area contributed by atoms with Crippen LogP contribution >= 0.6 is 0 Å². The van der Waals surface area contributed by atoms with E-state index in [9.17, 15) is 0 Å². The van der Waals surface area contributed by atoms with Crippen LogP contribution in [0.25, 0.3) is 43.6 Å². The van der Waals surface area contributed by atoms with E-state index in [1.165, 1.54) is 38.0 Å². The minimum atomic E-state index is 1.04. The number of hydrogen-bond donors (Lipinski definition) is 0. The SMILES string of the molecule is CN(C)c1ccc2ccc3c4ccnc(-c5ccccc5)c4ccc3c2c1. The first-order chi connectivity index (χ1) is 13.2. The Bertz CT molecular complexity index is 1290. The number of nitrogens with zero attached hydrogens (tertiary/aromatic N) is 2. The van der Waals surface area contributed by atoms with Crippen LogP contribution in [0.5, 0.6) is 0 Å². The number of fused-ring (bicyclic) bond motifs is 5. The van der Waals surface area contributed by atoms with E-state index in [2.05, 4.69) is 96.8 Å². The highest BCUT2D eigenvalue weighted by Gasteiger charge is 2.10. The van der Waals surface area contributed by atoms with Gasteiger partial charge in [-0.05, 0) is 45.1 Å². The highest BCUT2D eigenvalue weighted by atomic mass is 15.1. The summed E-state index contributed by atoms with van der Waals surface area (Å²) in [5, 5.41) is 7.56. The first-order valence-electron chi connectivity index (χ1n) is 9.19. The fraction of sp³-hybridized carbons (Fsp3) is 0.0800. The van der Waals surface area contributed by atoms with E-state index in [0.29, 0.717) is 0 Å². The van der Waals surface area contributed by atoms with Gasteiger partial charge in [0.1, 0.15) is 0 Å². The van der Waals surface area contributed by atoms with Gasteiger partial charge in [-0.25, -0.2) is 0 Å². The standard InChI is InChI=1S/C25H20N2/c1-27(2)19-10-8-17-9-11-20-21(24(17)16-19)12-13-23-22(20)14-15-26-25(23)18-6-4-3-5-7-18/h3-16H,1-2H3.